The van der Waals surface area contributed by atoms with E-state index in [2.05, 4.69) is 14.9 Å². The summed E-state index contributed by atoms with van der Waals surface area (Å²) in [5.41, 5.74) is 6.52. The van der Waals surface area contributed by atoms with Crippen molar-refractivity contribution in [2.45, 2.75) is 19.8 Å². The van der Waals surface area contributed by atoms with Gasteiger partial charge in [0.15, 0.2) is 0 Å². The molecule has 0 amide bonds. The third-order valence-corrected chi connectivity index (χ3v) is 2.96. The fourth-order valence-corrected chi connectivity index (χ4v) is 2.16. The van der Waals surface area contributed by atoms with Crippen LogP contribution in [0.3, 0.4) is 0 Å². The molecular formula is C11H18N4O. The molecule has 88 valence electrons. The van der Waals surface area contributed by atoms with Crippen LogP contribution in [0.25, 0.3) is 0 Å². The zero-order valence-corrected chi connectivity index (χ0v) is 9.56. The number of anilines is 2. The molecule has 1 aromatic heterocycles. The molecule has 5 nitrogen and oxygen atoms in total. The maximum absolute atomic E-state index is 9.18. The summed E-state index contributed by atoms with van der Waals surface area (Å²) in [4.78, 5) is 10.5. The minimum absolute atomic E-state index is 0.246. The van der Waals surface area contributed by atoms with Gasteiger partial charge in [0.1, 0.15) is 5.82 Å². The predicted octanol–water partition coefficient (Wildman–Crippen LogP) is 0.576. The number of hydrogen-bond donors (Lipinski definition) is 2. The largest absolute Gasteiger partial charge is 0.396 e. The fraction of sp³-hybridized carbons (Fsp3) is 0.636. The van der Waals surface area contributed by atoms with E-state index in [4.69, 9.17) is 5.73 Å². The minimum Gasteiger partial charge on any atom is -0.396 e. The second kappa shape index (κ2) is 4.65. The van der Waals surface area contributed by atoms with Crippen molar-refractivity contribution in [3.63, 3.8) is 0 Å². The molecule has 2 rings (SSSR count). The lowest BCUT2D eigenvalue weighted by Gasteiger charge is -2.32. The zero-order chi connectivity index (χ0) is 11.5. The number of hydrogen-bond acceptors (Lipinski definition) is 5. The Morgan fingerprint density at radius 2 is 2.38 bits per heavy atom. The lowest BCUT2D eigenvalue weighted by molar-refractivity contribution is 0.208. The molecule has 0 saturated carbocycles. The fourth-order valence-electron chi connectivity index (χ4n) is 2.16. The Balaban J connectivity index is 2.16. The van der Waals surface area contributed by atoms with E-state index < -0.39 is 0 Å². The van der Waals surface area contributed by atoms with Gasteiger partial charge in [0.25, 0.3) is 0 Å². The first-order chi connectivity index (χ1) is 7.69. The van der Waals surface area contributed by atoms with E-state index in [1.165, 1.54) is 0 Å². The molecule has 1 aliphatic heterocycles. The number of aryl methyl sites for hydroxylation is 1. The Hall–Kier alpha value is -1.36. The monoisotopic (exact) mass is 222 g/mol. The quantitative estimate of drug-likeness (QED) is 0.765. The number of aliphatic hydroxyl groups is 1. The Bertz CT molecular complexity index is 349. The van der Waals surface area contributed by atoms with Crippen LogP contribution in [0.2, 0.25) is 0 Å². The number of nitrogen functional groups attached to an aromatic ring is 1. The highest BCUT2D eigenvalue weighted by molar-refractivity contribution is 5.43. The van der Waals surface area contributed by atoms with E-state index in [0.717, 1.165) is 37.4 Å². The molecule has 1 atom stereocenters. The van der Waals surface area contributed by atoms with Crippen molar-refractivity contribution in [2.24, 2.45) is 5.92 Å². The first-order valence-electron chi connectivity index (χ1n) is 5.66. The van der Waals surface area contributed by atoms with Crippen molar-refractivity contribution in [1.82, 2.24) is 9.97 Å². The van der Waals surface area contributed by atoms with Crippen molar-refractivity contribution in [2.75, 3.05) is 30.3 Å². The van der Waals surface area contributed by atoms with Crippen LogP contribution in [0.4, 0.5) is 11.8 Å². The Morgan fingerprint density at radius 1 is 1.56 bits per heavy atom. The smallest absolute Gasteiger partial charge is 0.222 e. The van der Waals surface area contributed by atoms with Crippen LogP contribution in [-0.2, 0) is 0 Å². The lowest BCUT2D eigenvalue weighted by Crippen LogP contribution is -2.37. The first kappa shape index (κ1) is 11.1. The second-order valence-corrected chi connectivity index (χ2v) is 4.36. The first-order valence-corrected chi connectivity index (χ1v) is 5.66. The van der Waals surface area contributed by atoms with Gasteiger partial charge in [0, 0.05) is 31.5 Å². The lowest BCUT2D eigenvalue weighted by atomic mass is 9.99. The summed E-state index contributed by atoms with van der Waals surface area (Å²) in [7, 11) is 0. The molecule has 0 aromatic carbocycles. The average molecular weight is 222 g/mol. The van der Waals surface area contributed by atoms with Gasteiger partial charge < -0.3 is 15.7 Å². The van der Waals surface area contributed by atoms with Gasteiger partial charge in [-0.1, -0.05) is 0 Å². The maximum Gasteiger partial charge on any atom is 0.222 e. The number of aromatic nitrogens is 2. The van der Waals surface area contributed by atoms with Crippen molar-refractivity contribution in [3.05, 3.63) is 11.8 Å². The predicted molar refractivity (Wildman–Crippen MR) is 63.2 cm³/mol. The summed E-state index contributed by atoms with van der Waals surface area (Å²) in [6, 6.07) is 1.94. The van der Waals surface area contributed by atoms with Crippen LogP contribution >= 0.6 is 0 Å². The molecule has 1 aliphatic rings. The summed E-state index contributed by atoms with van der Waals surface area (Å²) >= 11 is 0. The summed E-state index contributed by atoms with van der Waals surface area (Å²) in [5.74, 6) is 1.55. The molecule has 1 saturated heterocycles. The Morgan fingerprint density at radius 3 is 3.06 bits per heavy atom. The molecular weight excluding hydrogens is 204 g/mol. The molecule has 5 heteroatoms. The highest BCUT2D eigenvalue weighted by Gasteiger charge is 2.20. The highest BCUT2D eigenvalue weighted by Crippen LogP contribution is 2.22. The summed E-state index contributed by atoms with van der Waals surface area (Å²) in [5, 5.41) is 9.18. The standard InChI is InChI=1S/C11H18N4O/c1-8-5-10(14-11(12)13-8)15-4-2-3-9(6-15)7-16/h5,9,16H,2-4,6-7H2,1H3,(H2,12,13,14). The number of aliphatic hydroxyl groups excluding tert-OH is 1. The molecule has 2 heterocycles. The van der Waals surface area contributed by atoms with Crippen molar-refractivity contribution in [1.29, 1.82) is 0 Å². The molecule has 1 fully saturated rings. The third-order valence-electron chi connectivity index (χ3n) is 2.96. The Kier molecular flexibility index (Phi) is 3.24. The van der Waals surface area contributed by atoms with Gasteiger partial charge in [-0.15, -0.1) is 0 Å². The van der Waals surface area contributed by atoms with Gasteiger partial charge >= 0.3 is 0 Å². The molecule has 1 aromatic rings. The van der Waals surface area contributed by atoms with Crippen LogP contribution in [-0.4, -0.2) is 34.8 Å². The molecule has 1 unspecified atom stereocenters. The highest BCUT2D eigenvalue weighted by atomic mass is 16.3. The molecule has 0 radical (unpaired) electrons. The number of nitrogens with two attached hydrogens (primary N) is 1. The minimum atomic E-state index is 0.246. The van der Waals surface area contributed by atoms with Gasteiger partial charge in [0.05, 0.1) is 0 Å². The average Bonchev–Trinajstić information content (AvgIpc) is 2.28. The molecule has 3 N–H and O–H groups in total. The SMILES string of the molecule is Cc1cc(N2CCCC(CO)C2)nc(N)n1. The van der Waals surface area contributed by atoms with Crippen LogP contribution in [0, 0.1) is 12.8 Å². The topological polar surface area (TPSA) is 75.3 Å². The summed E-state index contributed by atoms with van der Waals surface area (Å²) in [6.45, 7) is 3.99. The van der Waals surface area contributed by atoms with Gasteiger partial charge in [-0.3, -0.25) is 0 Å². The normalized spacial score (nSPS) is 21.1. The summed E-state index contributed by atoms with van der Waals surface area (Å²) in [6.07, 6.45) is 2.18. The van der Waals surface area contributed by atoms with E-state index in [0.29, 0.717) is 11.9 Å². The second-order valence-electron chi connectivity index (χ2n) is 4.36. The summed E-state index contributed by atoms with van der Waals surface area (Å²) < 4.78 is 0. The maximum atomic E-state index is 9.18. The van der Waals surface area contributed by atoms with Crippen molar-refractivity contribution in [3.8, 4) is 0 Å². The van der Waals surface area contributed by atoms with Gasteiger partial charge in [-0.2, -0.15) is 4.98 Å². The Labute approximate surface area is 95.3 Å². The molecule has 16 heavy (non-hydrogen) atoms. The van der Waals surface area contributed by atoms with E-state index >= 15 is 0 Å². The van der Waals surface area contributed by atoms with E-state index in [9.17, 15) is 5.11 Å². The van der Waals surface area contributed by atoms with Gasteiger partial charge in [0.2, 0.25) is 5.95 Å². The zero-order valence-electron chi connectivity index (χ0n) is 9.56. The van der Waals surface area contributed by atoms with Crippen LogP contribution in [0.1, 0.15) is 18.5 Å². The van der Waals surface area contributed by atoms with E-state index in [1.807, 2.05) is 13.0 Å². The van der Waals surface area contributed by atoms with Crippen molar-refractivity contribution >= 4 is 11.8 Å². The van der Waals surface area contributed by atoms with E-state index in [-0.39, 0.29) is 6.61 Å². The number of rotatable bonds is 2. The van der Waals surface area contributed by atoms with Gasteiger partial charge in [-0.05, 0) is 25.7 Å². The van der Waals surface area contributed by atoms with Gasteiger partial charge in [-0.25, -0.2) is 4.98 Å². The van der Waals surface area contributed by atoms with Crippen molar-refractivity contribution < 1.29 is 5.11 Å². The number of piperidine rings is 1. The molecule has 0 bridgehead atoms. The van der Waals surface area contributed by atoms with Crippen LogP contribution < -0.4 is 10.6 Å². The van der Waals surface area contributed by atoms with E-state index in [1.54, 1.807) is 0 Å². The molecule has 0 spiro atoms. The third kappa shape index (κ3) is 2.41. The number of nitrogens with zero attached hydrogens (tertiary/aromatic N) is 3. The van der Waals surface area contributed by atoms with Crippen LogP contribution in [0.15, 0.2) is 6.07 Å². The van der Waals surface area contributed by atoms with Crippen LogP contribution in [0.5, 0.6) is 0 Å². The molecule has 0 aliphatic carbocycles.